The molecule has 0 aliphatic rings. The molecule has 6 atom stereocenters. The van der Waals surface area contributed by atoms with E-state index in [9.17, 15) is 43.2 Å². The highest BCUT2D eigenvalue weighted by molar-refractivity contribution is 7.47. The van der Waals surface area contributed by atoms with Gasteiger partial charge in [-0.25, -0.2) is 9.13 Å². The highest BCUT2D eigenvalue weighted by Gasteiger charge is 2.30. The van der Waals surface area contributed by atoms with Crippen molar-refractivity contribution in [1.82, 2.24) is 0 Å². The van der Waals surface area contributed by atoms with E-state index < -0.39 is 97.5 Å². The molecule has 0 aromatic rings. The lowest BCUT2D eigenvalue weighted by molar-refractivity contribution is -0.161. The third kappa shape index (κ3) is 59.7. The van der Waals surface area contributed by atoms with Crippen LogP contribution in [0.2, 0.25) is 0 Å². The van der Waals surface area contributed by atoms with E-state index in [1.165, 1.54) is 154 Å². The molecule has 0 heterocycles. The molecule has 0 rings (SSSR count). The predicted molar refractivity (Wildman–Crippen MR) is 345 cm³/mol. The fourth-order valence-electron chi connectivity index (χ4n) is 10.0. The van der Waals surface area contributed by atoms with Crippen molar-refractivity contribution < 1.29 is 80.2 Å². The van der Waals surface area contributed by atoms with Gasteiger partial charge in [0.1, 0.15) is 19.3 Å². The van der Waals surface area contributed by atoms with Gasteiger partial charge in [0.05, 0.1) is 26.4 Å². The highest BCUT2D eigenvalue weighted by Crippen LogP contribution is 2.45. The van der Waals surface area contributed by atoms with Gasteiger partial charge in [-0.3, -0.25) is 37.3 Å². The maximum absolute atomic E-state index is 13.0. The van der Waals surface area contributed by atoms with Gasteiger partial charge in [0, 0.05) is 25.7 Å². The van der Waals surface area contributed by atoms with E-state index >= 15 is 0 Å². The molecule has 3 N–H and O–H groups in total. The Morgan fingerprint density at radius 1 is 0.337 bits per heavy atom. The summed E-state index contributed by atoms with van der Waals surface area (Å²) in [5, 5.41) is 10.6. The first-order chi connectivity index (χ1) is 41.4. The number of esters is 4. The lowest BCUT2D eigenvalue weighted by Gasteiger charge is -2.21. The molecular weight excluding hydrogens is 1140 g/mol. The number of phosphoric acid groups is 2. The number of rotatable bonds is 66. The summed E-state index contributed by atoms with van der Waals surface area (Å²) in [6.07, 6.45) is 42.9. The fraction of sp³-hybridized carbons (Fsp3) is 0.940. The van der Waals surface area contributed by atoms with E-state index in [4.69, 9.17) is 37.0 Å². The third-order valence-corrected chi connectivity index (χ3v) is 17.7. The van der Waals surface area contributed by atoms with Gasteiger partial charge in [-0.2, -0.15) is 0 Å². The van der Waals surface area contributed by atoms with E-state index in [2.05, 4.69) is 41.5 Å². The Kier molecular flexibility index (Phi) is 58.0. The van der Waals surface area contributed by atoms with Gasteiger partial charge in [0.15, 0.2) is 12.2 Å². The van der Waals surface area contributed by atoms with Crippen molar-refractivity contribution in [1.29, 1.82) is 0 Å². The summed E-state index contributed by atoms with van der Waals surface area (Å²) in [7, 11) is -9.89. The van der Waals surface area contributed by atoms with E-state index in [-0.39, 0.29) is 25.7 Å². The molecule has 0 radical (unpaired) electrons. The van der Waals surface area contributed by atoms with Crippen LogP contribution in [0, 0.1) is 11.8 Å². The Labute approximate surface area is 524 Å². The lowest BCUT2D eigenvalue weighted by atomic mass is 9.99. The number of hydrogen-bond acceptors (Lipinski definition) is 15. The van der Waals surface area contributed by atoms with Crippen LogP contribution >= 0.6 is 15.6 Å². The smallest absolute Gasteiger partial charge is 0.462 e. The number of carbonyl (C=O) groups is 4. The van der Waals surface area contributed by atoms with Gasteiger partial charge in [-0.1, -0.05) is 286 Å². The number of aliphatic hydroxyl groups is 1. The minimum atomic E-state index is -4.95. The number of aliphatic hydroxyl groups excluding tert-OH is 1. The largest absolute Gasteiger partial charge is 0.472 e. The zero-order chi connectivity index (χ0) is 63.6. The monoisotopic (exact) mass is 1270 g/mol. The summed E-state index contributed by atoms with van der Waals surface area (Å²) < 4.78 is 68.1. The summed E-state index contributed by atoms with van der Waals surface area (Å²) in [6.45, 7) is 9.48. The van der Waals surface area contributed by atoms with Gasteiger partial charge < -0.3 is 33.8 Å². The summed E-state index contributed by atoms with van der Waals surface area (Å²) in [5.74, 6) is -0.633. The summed E-state index contributed by atoms with van der Waals surface area (Å²) in [6, 6.07) is 0. The summed E-state index contributed by atoms with van der Waals surface area (Å²) >= 11 is 0. The van der Waals surface area contributed by atoms with Crippen LogP contribution in [0.1, 0.15) is 337 Å². The van der Waals surface area contributed by atoms with Crippen LogP contribution in [0.4, 0.5) is 0 Å². The van der Waals surface area contributed by atoms with Gasteiger partial charge >= 0.3 is 39.5 Å². The highest BCUT2D eigenvalue weighted by atomic mass is 31.2. The van der Waals surface area contributed by atoms with E-state index in [1.54, 1.807) is 0 Å². The Bertz CT molecular complexity index is 1690. The molecule has 0 fully saturated rings. The molecule has 0 saturated carbocycles. The van der Waals surface area contributed by atoms with Crippen LogP contribution in [0.5, 0.6) is 0 Å². The number of hydrogen-bond donors (Lipinski definition) is 3. The number of carbonyl (C=O) groups excluding carboxylic acids is 4. The van der Waals surface area contributed by atoms with Crippen molar-refractivity contribution in [3.63, 3.8) is 0 Å². The zero-order valence-corrected chi connectivity index (χ0v) is 57.4. The second-order valence-corrected chi connectivity index (χ2v) is 27.8. The van der Waals surface area contributed by atoms with E-state index in [1.807, 2.05) is 0 Å². The van der Waals surface area contributed by atoms with Gasteiger partial charge in [-0.15, -0.1) is 0 Å². The molecule has 0 aliphatic carbocycles. The Morgan fingerprint density at radius 2 is 0.593 bits per heavy atom. The average molecular weight is 1270 g/mol. The quantitative estimate of drug-likeness (QED) is 0.0222. The van der Waals surface area contributed by atoms with Crippen LogP contribution in [0.15, 0.2) is 0 Å². The minimum absolute atomic E-state index is 0.104. The van der Waals surface area contributed by atoms with Crippen molar-refractivity contribution in [2.75, 3.05) is 39.6 Å². The lowest BCUT2D eigenvalue weighted by Crippen LogP contribution is -2.30. The van der Waals surface area contributed by atoms with Crippen LogP contribution in [-0.2, 0) is 65.4 Å². The van der Waals surface area contributed by atoms with Gasteiger partial charge in [0.25, 0.3) is 0 Å². The predicted octanol–water partition coefficient (Wildman–Crippen LogP) is 18.8. The number of ether oxygens (including phenoxy) is 4. The molecule has 0 spiro atoms. The minimum Gasteiger partial charge on any atom is -0.462 e. The van der Waals surface area contributed by atoms with Crippen molar-refractivity contribution in [3.8, 4) is 0 Å². The standard InChI is InChI=1S/C67H130O17P2/c1-7-10-12-14-16-18-20-21-22-24-33-39-45-51-66(71)83-62(56-78-65(70)50-44-38-32-28-26-30-36-42-48-60(6)9-3)57-81-85(73,74)79-53-61(68)54-80-86(75,76)82-58-63(55-77-64(69)49-43-37-31-23-19-17-15-13-11-8-2)84-67(72)52-46-40-34-27-25-29-35-41-47-59(4)5/h59-63,68H,7-58H2,1-6H3,(H,73,74)(H,75,76)/t60?,61-,62-,63-/m1/s1. The molecular formula is C67H130O17P2. The van der Waals surface area contributed by atoms with Crippen LogP contribution in [-0.4, -0.2) is 96.7 Å². The second-order valence-electron chi connectivity index (χ2n) is 24.9. The van der Waals surface area contributed by atoms with Gasteiger partial charge in [-0.05, 0) is 37.5 Å². The molecule has 86 heavy (non-hydrogen) atoms. The molecule has 0 bridgehead atoms. The van der Waals surface area contributed by atoms with E-state index in [0.29, 0.717) is 25.7 Å². The molecule has 0 aromatic heterocycles. The third-order valence-electron chi connectivity index (χ3n) is 15.8. The first kappa shape index (κ1) is 84.1. The van der Waals surface area contributed by atoms with Gasteiger partial charge in [0.2, 0.25) is 0 Å². The molecule has 19 heteroatoms. The summed E-state index contributed by atoms with van der Waals surface area (Å²) in [4.78, 5) is 72.4. The molecule has 510 valence electrons. The van der Waals surface area contributed by atoms with Crippen molar-refractivity contribution in [2.45, 2.75) is 355 Å². The summed E-state index contributed by atoms with van der Waals surface area (Å²) in [5.41, 5.74) is 0. The first-order valence-electron chi connectivity index (χ1n) is 35.0. The van der Waals surface area contributed by atoms with Crippen LogP contribution in [0.25, 0.3) is 0 Å². The number of unbranched alkanes of at least 4 members (excludes halogenated alkanes) is 35. The molecule has 0 aromatic carbocycles. The van der Waals surface area contributed by atoms with Crippen molar-refractivity contribution in [3.05, 3.63) is 0 Å². The molecule has 17 nitrogen and oxygen atoms in total. The maximum Gasteiger partial charge on any atom is 0.472 e. The average Bonchev–Trinajstić information content (AvgIpc) is 3.63. The Morgan fingerprint density at radius 3 is 0.884 bits per heavy atom. The van der Waals surface area contributed by atoms with Crippen LogP contribution in [0.3, 0.4) is 0 Å². The Balaban J connectivity index is 5.26. The normalized spacial score (nSPS) is 14.5. The van der Waals surface area contributed by atoms with Crippen LogP contribution < -0.4 is 0 Å². The first-order valence-corrected chi connectivity index (χ1v) is 38.0. The molecule has 0 saturated heterocycles. The molecule has 0 amide bonds. The fourth-order valence-corrected chi connectivity index (χ4v) is 11.6. The topological polar surface area (TPSA) is 237 Å². The van der Waals surface area contributed by atoms with E-state index in [0.717, 1.165) is 102 Å². The zero-order valence-electron chi connectivity index (χ0n) is 55.6. The molecule has 3 unspecified atom stereocenters. The Hall–Kier alpha value is -1.94. The molecule has 0 aliphatic heterocycles. The number of phosphoric ester groups is 2. The maximum atomic E-state index is 13.0. The SMILES string of the molecule is CCCCCCCCCCCCCCCC(=O)O[C@H](COC(=O)CCCCCCCCCCC(C)CC)COP(=O)(O)OC[C@@H](O)COP(=O)(O)OC[C@@H](COC(=O)CCCCCCCCCCCC)OC(=O)CCCCCCCCCCC(C)C. The van der Waals surface area contributed by atoms with Crippen molar-refractivity contribution >= 4 is 39.5 Å². The van der Waals surface area contributed by atoms with Crippen molar-refractivity contribution in [2.24, 2.45) is 11.8 Å². The second kappa shape index (κ2) is 59.4.